The minimum atomic E-state index is -0.109. The van der Waals surface area contributed by atoms with Gasteiger partial charge in [-0.15, -0.1) is 0 Å². The van der Waals surface area contributed by atoms with E-state index in [1.807, 2.05) is 31.2 Å². The highest BCUT2D eigenvalue weighted by Crippen LogP contribution is 2.27. The molecule has 7 heteroatoms. The van der Waals surface area contributed by atoms with Gasteiger partial charge in [0.2, 0.25) is 0 Å². The second kappa shape index (κ2) is 8.17. The molecule has 0 spiro atoms. The highest BCUT2D eigenvalue weighted by atomic mass is 16.5. The maximum absolute atomic E-state index is 12.3. The number of aryl methyl sites for hydroxylation is 1. The Balaban J connectivity index is 1.83. The molecular weight excluding hydrogens is 294 g/mol. The van der Waals surface area contributed by atoms with Gasteiger partial charge in [0, 0.05) is 25.7 Å². The molecule has 1 unspecified atom stereocenters. The number of ether oxygens (including phenoxy) is 1. The molecule has 0 saturated heterocycles. The zero-order valence-electron chi connectivity index (χ0n) is 13.8. The number of benzene rings is 1. The van der Waals surface area contributed by atoms with Crippen molar-refractivity contribution in [1.82, 2.24) is 25.0 Å². The van der Waals surface area contributed by atoms with E-state index in [0.717, 1.165) is 24.3 Å². The van der Waals surface area contributed by atoms with Crippen LogP contribution in [0.1, 0.15) is 24.9 Å². The van der Waals surface area contributed by atoms with Gasteiger partial charge in [0.15, 0.2) is 0 Å². The zero-order chi connectivity index (χ0) is 16.7. The maximum Gasteiger partial charge on any atom is 0.317 e. The molecule has 0 aliphatic carbocycles. The molecule has 1 aromatic carbocycles. The third-order valence-electron chi connectivity index (χ3n) is 3.80. The van der Waals surface area contributed by atoms with Crippen LogP contribution >= 0.6 is 0 Å². The molecule has 0 fully saturated rings. The predicted octanol–water partition coefficient (Wildman–Crippen LogP) is 2.08. The number of carbonyl (C=O) groups excluding carboxylic acids is 1. The number of hydrogen-bond acceptors (Lipinski definition) is 4. The zero-order valence-corrected chi connectivity index (χ0v) is 13.8. The summed E-state index contributed by atoms with van der Waals surface area (Å²) in [5.74, 6) is 0.783. The fourth-order valence-corrected chi connectivity index (χ4v) is 2.31. The topological polar surface area (TPSA) is 72.3 Å². The van der Waals surface area contributed by atoms with Crippen LogP contribution in [0.3, 0.4) is 0 Å². The van der Waals surface area contributed by atoms with Crippen LogP contribution in [0.25, 0.3) is 0 Å². The standard InChI is InChI=1S/C16H23N5O2/c1-13(14-7-4-5-8-15(14)23-3)20(2)16(22)18-9-6-10-21-12-17-11-19-21/h4-5,7-8,11-13H,6,9-10H2,1-3H3,(H,18,22). The number of nitrogens with one attached hydrogen (secondary N) is 1. The largest absolute Gasteiger partial charge is 0.496 e. The first kappa shape index (κ1) is 16.8. The Morgan fingerprint density at radius 1 is 1.43 bits per heavy atom. The van der Waals surface area contributed by atoms with Crippen LogP contribution in [0.2, 0.25) is 0 Å². The van der Waals surface area contributed by atoms with Gasteiger partial charge in [0.05, 0.1) is 13.2 Å². The second-order valence-electron chi connectivity index (χ2n) is 5.27. The van der Waals surface area contributed by atoms with Crippen LogP contribution in [0, 0.1) is 0 Å². The Hall–Kier alpha value is -2.57. The van der Waals surface area contributed by atoms with Crippen LogP contribution in [-0.4, -0.2) is 46.4 Å². The van der Waals surface area contributed by atoms with Crippen molar-refractivity contribution in [3.05, 3.63) is 42.5 Å². The van der Waals surface area contributed by atoms with Crippen LogP contribution in [0.15, 0.2) is 36.9 Å². The van der Waals surface area contributed by atoms with Gasteiger partial charge in [-0.2, -0.15) is 5.10 Å². The molecule has 23 heavy (non-hydrogen) atoms. The predicted molar refractivity (Wildman–Crippen MR) is 87.2 cm³/mol. The van der Waals surface area contributed by atoms with Crippen LogP contribution in [-0.2, 0) is 6.54 Å². The number of methoxy groups -OCH3 is 1. The molecule has 0 saturated carbocycles. The average Bonchev–Trinajstić information content (AvgIpc) is 3.10. The number of carbonyl (C=O) groups is 1. The minimum absolute atomic E-state index is 0.0820. The molecule has 1 atom stereocenters. The Morgan fingerprint density at radius 2 is 2.22 bits per heavy atom. The van der Waals surface area contributed by atoms with Crippen molar-refractivity contribution in [3.63, 3.8) is 0 Å². The van der Waals surface area contributed by atoms with Crippen LogP contribution in [0.4, 0.5) is 4.79 Å². The molecule has 2 rings (SSSR count). The van der Waals surface area contributed by atoms with Crippen LogP contribution < -0.4 is 10.1 Å². The summed E-state index contributed by atoms with van der Waals surface area (Å²) in [6, 6.07) is 7.54. The molecule has 0 bridgehead atoms. The Kier molecular flexibility index (Phi) is 5.96. The van der Waals surface area contributed by atoms with E-state index in [9.17, 15) is 4.79 Å². The Labute approximate surface area is 136 Å². The summed E-state index contributed by atoms with van der Waals surface area (Å²) in [6.07, 6.45) is 3.96. The number of rotatable bonds is 7. The monoisotopic (exact) mass is 317 g/mol. The van der Waals surface area contributed by atoms with E-state index >= 15 is 0 Å². The van der Waals surface area contributed by atoms with E-state index in [0.29, 0.717) is 6.54 Å². The molecule has 1 heterocycles. The summed E-state index contributed by atoms with van der Waals surface area (Å²) in [4.78, 5) is 17.8. The SMILES string of the molecule is COc1ccccc1C(C)N(C)C(=O)NCCCn1cncn1. The average molecular weight is 317 g/mol. The number of urea groups is 1. The molecule has 0 aliphatic heterocycles. The molecule has 0 radical (unpaired) electrons. The number of nitrogens with zero attached hydrogens (tertiary/aromatic N) is 4. The van der Waals surface area contributed by atoms with Gasteiger partial charge in [-0.3, -0.25) is 4.68 Å². The van der Waals surface area contributed by atoms with Gasteiger partial charge in [-0.25, -0.2) is 9.78 Å². The fraction of sp³-hybridized carbons (Fsp3) is 0.438. The van der Waals surface area contributed by atoms with Crippen molar-refractivity contribution < 1.29 is 9.53 Å². The molecule has 124 valence electrons. The van der Waals surface area contributed by atoms with Crippen molar-refractivity contribution in [3.8, 4) is 5.75 Å². The van der Waals surface area contributed by atoms with Crippen molar-refractivity contribution in [2.24, 2.45) is 0 Å². The van der Waals surface area contributed by atoms with Gasteiger partial charge in [-0.1, -0.05) is 18.2 Å². The van der Waals surface area contributed by atoms with E-state index in [-0.39, 0.29) is 12.1 Å². The molecule has 2 aromatic rings. The quantitative estimate of drug-likeness (QED) is 0.794. The summed E-state index contributed by atoms with van der Waals surface area (Å²) in [6.45, 7) is 3.29. The van der Waals surface area contributed by atoms with E-state index in [1.54, 1.807) is 30.1 Å². The number of para-hydroxylation sites is 1. The number of aromatic nitrogens is 3. The maximum atomic E-state index is 12.3. The van der Waals surface area contributed by atoms with E-state index in [1.165, 1.54) is 6.33 Å². The van der Waals surface area contributed by atoms with Crippen molar-refractivity contribution in [2.75, 3.05) is 20.7 Å². The minimum Gasteiger partial charge on any atom is -0.496 e. The summed E-state index contributed by atoms with van der Waals surface area (Å²) in [5, 5.41) is 6.94. The summed E-state index contributed by atoms with van der Waals surface area (Å²) in [7, 11) is 3.42. The second-order valence-corrected chi connectivity index (χ2v) is 5.27. The molecule has 0 aliphatic rings. The van der Waals surface area contributed by atoms with Crippen molar-refractivity contribution in [1.29, 1.82) is 0 Å². The smallest absolute Gasteiger partial charge is 0.317 e. The van der Waals surface area contributed by atoms with Gasteiger partial charge in [0.1, 0.15) is 18.4 Å². The highest BCUT2D eigenvalue weighted by Gasteiger charge is 2.19. The molecule has 1 aromatic heterocycles. The van der Waals surface area contributed by atoms with Gasteiger partial charge >= 0.3 is 6.03 Å². The van der Waals surface area contributed by atoms with Gasteiger partial charge in [-0.05, 0) is 19.4 Å². The van der Waals surface area contributed by atoms with Crippen LogP contribution in [0.5, 0.6) is 5.75 Å². The first-order chi connectivity index (χ1) is 11.1. The summed E-state index contributed by atoms with van der Waals surface area (Å²) >= 11 is 0. The Morgan fingerprint density at radius 3 is 2.91 bits per heavy atom. The first-order valence-electron chi connectivity index (χ1n) is 7.59. The highest BCUT2D eigenvalue weighted by molar-refractivity contribution is 5.74. The lowest BCUT2D eigenvalue weighted by Gasteiger charge is -2.26. The molecule has 1 N–H and O–H groups in total. The molecule has 7 nitrogen and oxygen atoms in total. The lowest BCUT2D eigenvalue weighted by atomic mass is 10.1. The summed E-state index contributed by atoms with van der Waals surface area (Å²) < 4.78 is 7.11. The first-order valence-corrected chi connectivity index (χ1v) is 7.59. The van der Waals surface area contributed by atoms with E-state index in [2.05, 4.69) is 15.4 Å². The van der Waals surface area contributed by atoms with E-state index in [4.69, 9.17) is 4.74 Å². The number of hydrogen-bond donors (Lipinski definition) is 1. The third kappa shape index (κ3) is 4.45. The Bertz CT molecular complexity index is 615. The van der Waals surface area contributed by atoms with Gasteiger partial charge < -0.3 is 15.0 Å². The lowest BCUT2D eigenvalue weighted by Crippen LogP contribution is -2.39. The molecular formula is C16H23N5O2. The van der Waals surface area contributed by atoms with Gasteiger partial charge in [0.25, 0.3) is 0 Å². The van der Waals surface area contributed by atoms with E-state index < -0.39 is 0 Å². The van der Waals surface area contributed by atoms with Crippen molar-refractivity contribution in [2.45, 2.75) is 25.9 Å². The number of amides is 2. The normalized spacial score (nSPS) is 11.8. The fourth-order valence-electron chi connectivity index (χ4n) is 2.31. The summed E-state index contributed by atoms with van der Waals surface area (Å²) in [5.41, 5.74) is 0.982. The molecule has 2 amide bonds. The third-order valence-corrected chi connectivity index (χ3v) is 3.80. The van der Waals surface area contributed by atoms with Crippen molar-refractivity contribution >= 4 is 6.03 Å². The lowest BCUT2D eigenvalue weighted by molar-refractivity contribution is 0.193.